The average molecular weight is 241 g/mol. The molecule has 0 aliphatic heterocycles. The summed E-state index contributed by atoms with van der Waals surface area (Å²) in [7, 11) is 0. The van der Waals surface area contributed by atoms with E-state index in [9.17, 15) is 14.4 Å². The van der Waals surface area contributed by atoms with Crippen LogP contribution in [0.25, 0.3) is 0 Å². The number of aliphatic carboxylic acids is 1. The number of carbonyl (C=O) groups is 3. The van der Waals surface area contributed by atoms with Gasteiger partial charge in [-0.1, -0.05) is 0 Å². The molecule has 0 unspecified atom stereocenters. The van der Waals surface area contributed by atoms with Crippen LogP contribution in [0, 0.1) is 6.92 Å². The zero-order chi connectivity index (χ0) is 13.0. The molecule has 0 fully saturated rings. The van der Waals surface area contributed by atoms with Gasteiger partial charge in [0.1, 0.15) is 5.56 Å². The number of hydrogen-bond donors (Lipinski definition) is 4. The fourth-order valence-corrected chi connectivity index (χ4v) is 1.20. The van der Waals surface area contributed by atoms with Gasteiger partial charge in [-0.3, -0.25) is 14.7 Å². The van der Waals surface area contributed by atoms with E-state index in [0.29, 0.717) is 5.69 Å². The number of H-pyrrole nitrogens is 1. The number of nitrogens with zero attached hydrogens (tertiary/aromatic N) is 1. The molecule has 1 aromatic rings. The van der Waals surface area contributed by atoms with Gasteiger partial charge in [0.2, 0.25) is 5.91 Å². The van der Waals surface area contributed by atoms with Gasteiger partial charge in [-0.05, 0) is 6.92 Å². The molecule has 92 valence electrons. The molecule has 0 aliphatic rings. The molecule has 1 heterocycles. The van der Waals surface area contributed by atoms with E-state index < -0.39 is 17.8 Å². The number of aryl methyl sites for hydroxylation is 1. The fraction of sp³-hybridized carbons (Fsp3) is 0.333. The minimum atomic E-state index is -1.22. The first-order chi connectivity index (χ1) is 7.91. The summed E-state index contributed by atoms with van der Waals surface area (Å²) in [6.07, 6.45) is -0.558. The quantitative estimate of drug-likeness (QED) is 0.582. The van der Waals surface area contributed by atoms with E-state index in [-0.39, 0.29) is 24.2 Å². The van der Waals surface area contributed by atoms with E-state index in [1.54, 1.807) is 0 Å². The number of aromatic amines is 1. The molecule has 17 heavy (non-hydrogen) atoms. The van der Waals surface area contributed by atoms with E-state index in [1.165, 1.54) is 6.92 Å². The van der Waals surface area contributed by atoms with Gasteiger partial charge in [0.05, 0.1) is 6.42 Å². The second kappa shape index (κ2) is 5.10. The Bertz CT molecular complexity index is 465. The van der Waals surface area contributed by atoms with Crippen LogP contribution in [0.2, 0.25) is 0 Å². The average Bonchev–Trinajstić information content (AvgIpc) is 2.56. The van der Waals surface area contributed by atoms with Crippen molar-refractivity contribution in [3.8, 4) is 0 Å². The van der Waals surface area contributed by atoms with Crippen molar-refractivity contribution < 1.29 is 24.6 Å². The van der Waals surface area contributed by atoms with Gasteiger partial charge in [-0.15, -0.1) is 0 Å². The number of carboxylic acid groups (broad SMARTS) is 2. The third-order valence-corrected chi connectivity index (χ3v) is 1.98. The lowest BCUT2D eigenvalue weighted by molar-refractivity contribution is -0.138. The lowest BCUT2D eigenvalue weighted by atomic mass is 10.2. The van der Waals surface area contributed by atoms with E-state index in [2.05, 4.69) is 15.5 Å². The molecule has 8 nitrogen and oxygen atoms in total. The highest BCUT2D eigenvalue weighted by atomic mass is 16.4. The van der Waals surface area contributed by atoms with E-state index in [4.69, 9.17) is 10.2 Å². The number of carboxylic acids is 2. The topological polar surface area (TPSA) is 132 Å². The highest BCUT2D eigenvalue weighted by Gasteiger charge is 2.19. The molecule has 1 aromatic heterocycles. The molecule has 1 rings (SSSR count). The summed E-state index contributed by atoms with van der Waals surface area (Å²) in [5.41, 5.74) is 0.180. The Hall–Kier alpha value is -2.38. The van der Waals surface area contributed by atoms with Crippen LogP contribution in [-0.4, -0.2) is 38.3 Å². The molecule has 0 radical (unpaired) electrons. The first kappa shape index (κ1) is 12.7. The lowest BCUT2D eigenvalue weighted by Crippen LogP contribution is -2.15. The number of anilines is 1. The zero-order valence-corrected chi connectivity index (χ0v) is 8.98. The summed E-state index contributed by atoms with van der Waals surface area (Å²) in [4.78, 5) is 32.4. The Morgan fingerprint density at radius 2 is 1.94 bits per heavy atom. The van der Waals surface area contributed by atoms with Crippen molar-refractivity contribution >= 4 is 23.7 Å². The van der Waals surface area contributed by atoms with Crippen LogP contribution < -0.4 is 5.32 Å². The van der Waals surface area contributed by atoms with Crippen molar-refractivity contribution in [2.45, 2.75) is 19.8 Å². The molecule has 0 spiro atoms. The minimum Gasteiger partial charge on any atom is -0.481 e. The van der Waals surface area contributed by atoms with Crippen molar-refractivity contribution in [3.63, 3.8) is 0 Å². The van der Waals surface area contributed by atoms with E-state index >= 15 is 0 Å². The Balaban J connectivity index is 2.72. The molecule has 1 amide bonds. The van der Waals surface area contributed by atoms with Crippen molar-refractivity contribution in [2.24, 2.45) is 0 Å². The Kier molecular flexibility index (Phi) is 3.81. The zero-order valence-electron chi connectivity index (χ0n) is 8.98. The first-order valence-electron chi connectivity index (χ1n) is 4.71. The predicted molar refractivity (Wildman–Crippen MR) is 55.8 cm³/mol. The third-order valence-electron chi connectivity index (χ3n) is 1.98. The summed E-state index contributed by atoms with van der Waals surface area (Å²) in [5, 5.41) is 25.5. The van der Waals surface area contributed by atoms with Crippen LogP contribution in [0.3, 0.4) is 0 Å². The van der Waals surface area contributed by atoms with Crippen LogP contribution in [0.1, 0.15) is 28.9 Å². The number of aromatic nitrogens is 2. The Morgan fingerprint density at radius 3 is 2.47 bits per heavy atom. The standard InChI is InChI=1S/C9H11N3O5/c1-4-7(9(16)17)8(12-11-4)10-5(13)2-3-6(14)15/h2-3H2,1H3,(H,14,15)(H,16,17)(H2,10,11,12,13). The minimum absolute atomic E-state index is 0.106. The summed E-state index contributed by atoms with van der Waals surface area (Å²) in [6, 6.07) is 0. The first-order valence-corrected chi connectivity index (χ1v) is 4.71. The molecule has 0 saturated carbocycles. The van der Waals surface area contributed by atoms with Crippen LogP contribution in [0.4, 0.5) is 5.82 Å². The fourth-order valence-electron chi connectivity index (χ4n) is 1.20. The molecule has 4 N–H and O–H groups in total. The maximum Gasteiger partial charge on any atom is 0.341 e. The summed E-state index contributed by atoms with van der Waals surface area (Å²) in [6.45, 7) is 1.50. The van der Waals surface area contributed by atoms with Gasteiger partial charge in [0, 0.05) is 12.1 Å². The van der Waals surface area contributed by atoms with Gasteiger partial charge < -0.3 is 15.5 Å². The molecule has 0 atom stereocenters. The van der Waals surface area contributed by atoms with Crippen molar-refractivity contribution in [1.82, 2.24) is 10.2 Å². The SMILES string of the molecule is Cc1[nH]nc(NC(=O)CCC(=O)O)c1C(=O)O. The maximum absolute atomic E-state index is 11.3. The third kappa shape index (κ3) is 3.30. The number of amides is 1. The molecule has 0 aliphatic carbocycles. The number of carbonyl (C=O) groups excluding carboxylic acids is 1. The number of nitrogens with one attached hydrogen (secondary N) is 2. The highest BCUT2D eigenvalue weighted by molar-refractivity contribution is 6.00. The monoisotopic (exact) mass is 241 g/mol. The largest absolute Gasteiger partial charge is 0.481 e. The van der Waals surface area contributed by atoms with Crippen LogP contribution >= 0.6 is 0 Å². The maximum atomic E-state index is 11.3. The normalized spacial score (nSPS) is 9.94. The van der Waals surface area contributed by atoms with Gasteiger partial charge in [0.15, 0.2) is 5.82 Å². The molecule has 0 saturated heterocycles. The Labute approximate surface area is 95.6 Å². The van der Waals surface area contributed by atoms with Crippen molar-refractivity contribution in [1.29, 1.82) is 0 Å². The van der Waals surface area contributed by atoms with Crippen LogP contribution in [0.15, 0.2) is 0 Å². The van der Waals surface area contributed by atoms with Crippen molar-refractivity contribution in [3.05, 3.63) is 11.3 Å². The number of hydrogen-bond acceptors (Lipinski definition) is 4. The number of aromatic carboxylic acids is 1. The lowest BCUT2D eigenvalue weighted by Gasteiger charge is -2.01. The molecular formula is C9H11N3O5. The van der Waals surface area contributed by atoms with Crippen molar-refractivity contribution in [2.75, 3.05) is 5.32 Å². The predicted octanol–water partition coefficient (Wildman–Crippen LogP) is 0.220. The number of rotatable bonds is 5. The summed E-state index contributed by atoms with van der Waals surface area (Å²) in [5.74, 6) is -3.02. The smallest absolute Gasteiger partial charge is 0.341 e. The molecule has 0 bridgehead atoms. The van der Waals surface area contributed by atoms with E-state index in [0.717, 1.165) is 0 Å². The van der Waals surface area contributed by atoms with Crippen LogP contribution in [-0.2, 0) is 9.59 Å². The second-order valence-electron chi connectivity index (χ2n) is 3.32. The van der Waals surface area contributed by atoms with E-state index in [1.807, 2.05) is 0 Å². The van der Waals surface area contributed by atoms with Gasteiger partial charge >= 0.3 is 11.9 Å². The molecule has 0 aromatic carbocycles. The molecular weight excluding hydrogens is 230 g/mol. The second-order valence-corrected chi connectivity index (χ2v) is 3.32. The van der Waals surface area contributed by atoms with Crippen LogP contribution in [0.5, 0.6) is 0 Å². The van der Waals surface area contributed by atoms with Gasteiger partial charge in [-0.25, -0.2) is 4.79 Å². The summed E-state index contributed by atoms with van der Waals surface area (Å²) < 4.78 is 0. The summed E-state index contributed by atoms with van der Waals surface area (Å²) >= 11 is 0. The molecule has 8 heteroatoms. The van der Waals surface area contributed by atoms with Gasteiger partial charge in [-0.2, -0.15) is 5.10 Å². The Morgan fingerprint density at radius 1 is 1.29 bits per heavy atom. The highest BCUT2D eigenvalue weighted by Crippen LogP contribution is 2.15. The van der Waals surface area contributed by atoms with Gasteiger partial charge in [0.25, 0.3) is 0 Å².